The Labute approximate surface area is 192 Å². The van der Waals surface area contributed by atoms with Gasteiger partial charge < -0.3 is 0 Å². The number of sulfonamides is 1. The highest BCUT2D eigenvalue weighted by molar-refractivity contribution is 7.93. The normalized spacial score (nSPS) is 26.3. The van der Waals surface area contributed by atoms with Crippen LogP contribution in [0.5, 0.6) is 0 Å². The second-order valence-corrected chi connectivity index (χ2v) is 10.8. The second kappa shape index (κ2) is 8.08. The predicted molar refractivity (Wildman–Crippen MR) is 111 cm³/mol. The molecule has 11 heteroatoms. The van der Waals surface area contributed by atoms with Crippen LogP contribution in [0, 0.1) is 5.92 Å². The summed E-state index contributed by atoms with van der Waals surface area (Å²) in [5, 5.41) is 0. The number of benzene rings is 2. The van der Waals surface area contributed by atoms with Gasteiger partial charge >= 0.3 is 12.4 Å². The van der Waals surface area contributed by atoms with Gasteiger partial charge in [-0.3, -0.25) is 0 Å². The highest BCUT2D eigenvalue weighted by Crippen LogP contribution is 2.58. The molecule has 1 spiro atoms. The van der Waals surface area contributed by atoms with Gasteiger partial charge in [-0.25, -0.2) is 12.7 Å². The van der Waals surface area contributed by atoms with Crippen molar-refractivity contribution in [2.24, 2.45) is 5.92 Å². The Balaban J connectivity index is 1.83. The zero-order valence-corrected chi connectivity index (χ0v) is 18.7. The molecular weight excluding hydrogens is 492 g/mol. The average molecular weight is 512 g/mol. The smallest absolute Gasteiger partial charge is 0.248 e. The van der Waals surface area contributed by atoms with Gasteiger partial charge in [-0.2, -0.15) is 26.3 Å². The summed E-state index contributed by atoms with van der Waals surface area (Å²) in [6, 6.07) is 8.90. The van der Waals surface area contributed by atoms with E-state index in [1.165, 1.54) is 18.2 Å². The molecule has 1 saturated carbocycles. The molecule has 3 atom stereocenters. The highest BCUT2D eigenvalue weighted by atomic mass is 35.5. The molecule has 1 heterocycles. The molecule has 1 fully saturated rings. The van der Waals surface area contributed by atoms with E-state index in [1.54, 1.807) is 6.07 Å². The third-order valence-electron chi connectivity index (χ3n) is 6.63. The van der Waals surface area contributed by atoms with Gasteiger partial charge in [0, 0.05) is 5.41 Å². The summed E-state index contributed by atoms with van der Waals surface area (Å²) in [4.78, 5) is -0.428. The summed E-state index contributed by atoms with van der Waals surface area (Å²) in [7, 11) is -4.44. The van der Waals surface area contributed by atoms with Crippen LogP contribution >= 0.6 is 11.6 Å². The minimum Gasteiger partial charge on any atom is -0.248 e. The molecule has 180 valence electrons. The van der Waals surface area contributed by atoms with Gasteiger partial charge in [0.2, 0.25) is 0 Å². The molecule has 0 radical (unpaired) electrons. The monoisotopic (exact) mass is 511 g/mol. The van der Waals surface area contributed by atoms with Crippen LogP contribution < -0.4 is 4.31 Å². The maximum absolute atomic E-state index is 14.1. The van der Waals surface area contributed by atoms with Crippen LogP contribution in [-0.4, -0.2) is 20.1 Å². The van der Waals surface area contributed by atoms with E-state index in [2.05, 4.69) is 0 Å². The van der Waals surface area contributed by atoms with E-state index in [9.17, 15) is 34.8 Å². The first-order valence-electron chi connectivity index (χ1n) is 10.3. The van der Waals surface area contributed by atoms with Crippen molar-refractivity contribution in [2.45, 2.75) is 60.3 Å². The van der Waals surface area contributed by atoms with Gasteiger partial charge in [0.25, 0.3) is 10.0 Å². The minimum absolute atomic E-state index is 0.0276. The molecule has 33 heavy (non-hydrogen) atoms. The Morgan fingerprint density at radius 1 is 0.939 bits per heavy atom. The molecule has 2 aliphatic rings. The number of hydrogen-bond acceptors (Lipinski definition) is 2. The largest absolute Gasteiger partial charge is 0.416 e. The van der Waals surface area contributed by atoms with Crippen molar-refractivity contribution in [2.75, 3.05) is 4.31 Å². The number of nitrogens with zero attached hydrogens (tertiary/aromatic N) is 1. The van der Waals surface area contributed by atoms with E-state index in [1.807, 2.05) is 0 Å². The van der Waals surface area contributed by atoms with Crippen LogP contribution in [-0.2, 0) is 21.6 Å². The fourth-order valence-corrected chi connectivity index (χ4v) is 7.42. The zero-order valence-electron chi connectivity index (χ0n) is 17.1. The molecule has 3 nitrogen and oxygen atoms in total. The number of fused-ring (bicyclic) bond motifs is 2. The van der Waals surface area contributed by atoms with Crippen LogP contribution in [0.25, 0.3) is 0 Å². The Kier molecular flexibility index (Phi) is 5.92. The number of halogens is 7. The maximum atomic E-state index is 14.1. The Morgan fingerprint density at radius 2 is 1.58 bits per heavy atom. The van der Waals surface area contributed by atoms with Crippen LogP contribution in [0.3, 0.4) is 0 Å². The summed E-state index contributed by atoms with van der Waals surface area (Å²) in [6.45, 7) is 0. The SMILES string of the molecule is O=S(=O)(c1ccc(C(F)(F)F)cc1)N1c2ccccc2C2(CCCCC2C(F)(F)F)CC1Cl. The zero-order chi connectivity index (χ0) is 24.2. The lowest BCUT2D eigenvalue weighted by Crippen LogP contribution is -2.54. The quantitative estimate of drug-likeness (QED) is 0.251. The molecule has 4 rings (SSSR count). The third-order valence-corrected chi connectivity index (χ3v) is 8.93. The number of hydrogen-bond donors (Lipinski definition) is 0. The van der Waals surface area contributed by atoms with Crippen molar-refractivity contribution in [1.82, 2.24) is 0 Å². The van der Waals surface area contributed by atoms with Gasteiger partial charge in [-0.15, -0.1) is 0 Å². The predicted octanol–water partition coefficient (Wildman–Crippen LogP) is 6.86. The van der Waals surface area contributed by atoms with Crippen molar-refractivity contribution in [3.63, 3.8) is 0 Å². The van der Waals surface area contributed by atoms with Gasteiger partial charge in [0.1, 0.15) is 5.50 Å². The second-order valence-electron chi connectivity index (χ2n) is 8.47. The van der Waals surface area contributed by atoms with Crippen LogP contribution in [0.1, 0.15) is 43.2 Å². The molecular formula is C22H20ClF6NO2S. The number of para-hydroxylation sites is 1. The molecule has 1 aliphatic carbocycles. The molecule has 2 aromatic carbocycles. The van der Waals surface area contributed by atoms with E-state index >= 15 is 0 Å². The molecule has 0 saturated heterocycles. The van der Waals surface area contributed by atoms with Crippen molar-refractivity contribution < 1.29 is 34.8 Å². The fraction of sp³-hybridized carbons (Fsp3) is 0.455. The van der Waals surface area contributed by atoms with Crippen molar-refractivity contribution in [1.29, 1.82) is 0 Å². The van der Waals surface area contributed by atoms with E-state index in [0.29, 0.717) is 25.0 Å². The Bertz CT molecular complexity index is 1130. The van der Waals surface area contributed by atoms with Crippen molar-refractivity contribution in [3.8, 4) is 0 Å². The summed E-state index contributed by atoms with van der Waals surface area (Å²) < 4.78 is 108. The number of rotatable bonds is 2. The molecule has 1 aliphatic heterocycles. The van der Waals surface area contributed by atoms with Gasteiger partial charge in [0.15, 0.2) is 0 Å². The highest BCUT2D eigenvalue weighted by Gasteiger charge is 2.59. The molecule has 0 N–H and O–H groups in total. The first-order chi connectivity index (χ1) is 15.3. The Morgan fingerprint density at radius 3 is 2.18 bits per heavy atom. The van der Waals surface area contributed by atoms with Crippen LogP contribution in [0.15, 0.2) is 53.4 Å². The Hall–Kier alpha value is -1.94. The molecule has 0 aromatic heterocycles. The number of anilines is 1. The minimum atomic E-state index is -4.64. The van der Waals surface area contributed by atoms with Gasteiger partial charge in [0.05, 0.1) is 22.1 Å². The summed E-state index contributed by atoms with van der Waals surface area (Å²) in [5.41, 5.74) is -3.45. The summed E-state index contributed by atoms with van der Waals surface area (Å²) >= 11 is 6.49. The van der Waals surface area contributed by atoms with Crippen molar-refractivity contribution >= 4 is 27.3 Å². The summed E-state index contributed by atoms with van der Waals surface area (Å²) in [6.07, 6.45) is -8.29. The van der Waals surface area contributed by atoms with E-state index in [4.69, 9.17) is 11.6 Å². The lowest BCUT2D eigenvalue weighted by molar-refractivity contribution is -0.204. The maximum Gasteiger partial charge on any atom is 0.416 e. The van der Waals surface area contributed by atoms with Gasteiger partial charge in [-0.05, 0) is 55.2 Å². The average Bonchev–Trinajstić information content (AvgIpc) is 2.72. The molecule has 0 amide bonds. The molecule has 3 unspecified atom stereocenters. The van der Waals surface area contributed by atoms with Crippen LogP contribution in [0.2, 0.25) is 0 Å². The van der Waals surface area contributed by atoms with E-state index < -0.39 is 49.7 Å². The van der Waals surface area contributed by atoms with Crippen molar-refractivity contribution in [3.05, 3.63) is 59.7 Å². The van der Waals surface area contributed by atoms with E-state index in [0.717, 1.165) is 16.4 Å². The molecule has 0 bridgehead atoms. The topological polar surface area (TPSA) is 37.4 Å². The summed E-state index contributed by atoms with van der Waals surface area (Å²) in [5.74, 6) is -1.67. The number of alkyl halides is 7. The fourth-order valence-electron chi connectivity index (χ4n) is 5.22. The lowest BCUT2D eigenvalue weighted by Gasteiger charge is -2.52. The van der Waals surface area contributed by atoms with Crippen LogP contribution in [0.4, 0.5) is 32.0 Å². The molecule has 2 aromatic rings. The first kappa shape index (κ1) is 24.2. The van der Waals surface area contributed by atoms with E-state index in [-0.39, 0.29) is 30.5 Å². The standard InChI is InChI=1S/C22H20ClF6NO2S/c23-19-13-20(12-4-3-7-18(20)22(27,28)29)16-5-1-2-6-17(16)30(19)33(31,32)15-10-8-14(9-11-15)21(24,25)26/h1-2,5-6,8-11,18-19H,3-4,7,12-13H2. The third kappa shape index (κ3) is 4.09. The van der Waals surface area contributed by atoms with Gasteiger partial charge in [-0.1, -0.05) is 42.6 Å². The first-order valence-corrected chi connectivity index (χ1v) is 12.2. The lowest BCUT2D eigenvalue weighted by atomic mass is 9.59.